The highest BCUT2D eigenvalue weighted by molar-refractivity contribution is 8.00. The summed E-state index contributed by atoms with van der Waals surface area (Å²) in [7, 11) is 2.30. The molecule has 13 heavy (non-hydrogen) atoms. The topological polar surface area (TPSA) is 0 Å². The number of hydrogen-bond donors (Lipinski definition) is 0. The highest BCUT2D eigenvalue weighted by Crippen LogP contribution is 2.54. The molecule has 0 fully saturated rings. The van der Waals surface area contributed by atoms with Gasteiger partial charge in [-0.2, -0.15) is 11.8 Å². The van der Waals surface area contributed by atoms with Crippen LogP contribution in [-0.4, -0.2) is 18.8 Å². The van der Waals surface area contributed by atoms with Crippen LogP contribution in [0.5, 0.6) is 0 Å². The van der Waals surface area contributed by atoms with Crippen LogP contribution in [0.15, 0.2) is 12.7 Å². The lowest BCUT2D eigenvalue weighted by Crippen LogP contribution is -2.44. The summed E-state index contributed by atoms with van der Waals surface area (Å²) in [5.41, 5.74) is 0.237. The second kappa shape index (κ2) is 3.72. The van der Waals surface area contributed by atoms with Gasteiger partial charge in [-0.05, 0) is 18.6 Å². The minimum atomic E-state index is 0.144. The fourth-order valence-electron chi connectivity index (χ4n) is 1.34. The molecule has 0 N–H and O–H groups in total. The lowest BCUT2D eigenvalue weighted by Gasteiger charge is -2.50. The van der Waals surface area contributed by atoms with E-state index in [1.54, 1.807) is 0 Å². The third kappa shape index (κ3) is 2.15. The highest BCUT2D eigenvalue weighted by Gasteiger charge is 2.45. The first-order valence-corrected chi connectivity index (χ1v) is 6.03. The van der Waals surface area contributed by atoms with Crippen molar-refractivity contribution in [2.75, 3.05) is 6.26 Å². The number of rotatable bonds is 4. The Balaban J connectivity index is 5.12. The van der Waals surface area contributed by atoms with Gasteiger partial charge >= 0.3 is 0 Å². The largest absolute Gasteiger partial charge is 0.154 e. The summed E-state index contributed by atoms with van der Waals surface area (Å²) in [6.07, 6.45) is 4.25. The molecule has 0 aromatic rings. The fraction of sp³-hybridized carbons (Fsp3) is 0.818. The Morgan fingerprint density at radius 2 is 1.54 bits per heavy atom. The molecule has 76 valence electrons. The van der Waals surface area contributed by atoms with E-state index in [-0.39, 0.29) is 10.2 Å². The molecule has 0 nitrogen and oxygen atoms in total. The van der Waals surface area contributed by atoms with E-state index in [4.69, 9.17) is 0 Å². The first-order chi connectivity index (χ1) is 5.62. The van der Waals surface area contributed by atoms with E-state index in [1.165, 1.54) is 0 Å². The van der Waals surface area contributed by atoms with E-state index in [9.17, 15) is 0 Å². The summed E-state index contributed by atoms with van der Waals surface area (Å²) < 4.78 is 0.144. The van der Waals surface area contributed by atoms with Gasteiger partial charge in [0.2, 0.25) is 0 Å². The van der Waals surface area contributed by atoms with E-state index in [0.717, 1.165) is 0 Å². The third-order valence-electron chi connectivity index (χ3n) is 3.93. The van der Waals surface area contributed by atoms with Crippen molar-refractivity contribution in [1.82, 2.24) is 0 Å². The zero-order valence-corrected chi connectivity index (χ0v) is 11.0. The first kappa shape index (κ1) is 13.2. The standard InChI is InChI=1S/C11H23BS/c1-8-11(6,13-7)9(2,3)10(4,5)12/h8H,1,12H2,2-7H3. The molecule has 0 aliphatic carbocycles. The quantitative estimate of drug-likeness (QED) is 0.494. The Morgan fingerprint density at radius 3 is 1.62 bits per heavy atom. The molecule has 0 rings (SSSR count). The Morgan fingerprint density at radius 1 is 1.15 bits per heavy atom. The first-order valence-electron chi connectivity index (χ1n) is 4.81. The molecule has 0 bridgehead atoms. The second-order valence-electron chi connectivity index (χ2n) is 5.39. The van der Waals surface area contributed by atoms with E-state index in [1.807, 2.05) is 11.8 Å². The van der Waals surface area contributed by atoms with Crippen LogP contribution >= 0.6 is 11.8 Å². The molecular formula is C11H23BS. The third-order valence-corrected chi connectivity index (χ3v) is 5.45. The van der Waals surface area contributed by atoms with E-state index in [0.29, 0.717) is 5.31 Å². The summed E-state index contributed by atoms with van der Waals surface area (Å²) in [6, 6.07) is 0. The summed E-state index contributed by atoms with van der Waals surface area (Å²) >= 11 is 1.89. The van der Waals surface area contributed by atoms with Crippen molar-refractivity contribution in [3.8, 4) is 0 Å². The Kier molecular flexibility index (Phi) is 3.77. The zero-order valence-electron chi connectivity index (χ0n) is 10.2. The van der Waals surface area contributed by atoms with Crippen molar-refractivity contribution >= 4 is 19.6 Å². The van der Waals surface area contributed by atoms with E-state index < -0.39 is 0 Å². The van der Waals surface area contributed by atoms with Crippen LogP contribution in [0.2, 0.25) is 5.31 Å². The maximum atomic E-state index is 3.96. The molecule has 0 heterocycles. The molecule has 0 aliphatic rings. The Bertz CT molecular complexity index is 191. The predicted molar refractivity (Wildman–Crippen MR) is 68.5 cm³/mol. The van der Waals surface area contributed by atoms with Gasteiger partial charge in [0.05, 0.1) is 0 Å². The van der Waals surface area contributed by atoms with Crippen LogP contribution in [0.4, 0.5) is 0 Å². The van der Waals surface area contributed by atoms with Crippen LogP contribution in [0, 0.1) is 5.41 Å². The highest BCUT2D eigenvalue weighted by atomic mass is 32.2. The van der Waals surface area contributed by atoms with Crippen molar-refractivity contribution in [2.45, 2.75) is 44.7 Å². The normalized spacial score (nSPS) is 18.0. The van der Waals surface area contributed by atoms with Crippen molar-refractivity contribution in [3.05, 3.63) is 12.7 Å². The average molecular weight is 198 g/mol. The van der Waals surface area contributed by atoms with Gasteiger partial charge in [-0.15, -0.1) is 6.58 Å². The van der Waals surface area contributed by atoms with Crippen LogP contribution in [0.1, 0.15) is 34.6 Å². The SMILES string of the molecule is BC(C)(C)C(C)(C)C(C)(C=C)SC. The van der Waals surface area contributed by atoms with Crippen LogP contribution in [0.3, 0.4) is 0 Å². The van der Waals surface area contributed by atoms with Gasteiger partial charge in [-0.25, -0.2) is 0 Å². The Labute approximate surface area is 89.0 Å². The molecule has 0 spiro atoms. The van der Waals surface area contributed by atoms with Crippen molar-refractivity contribution < 1.29 is 0 Å². The van der Waals surface area contributed by atoms with Gasteiger partial charge in [0.25, 0.3) is 0 Å². The van der Waals surface area contributed by atoms with Crippen molar-refractivity contribution in [1.29, 1.82) is 0 Å². The zero-order chi connectivity index (χ0) is 10.9. The lowest BCUT2D eigenvalue weighted by molar-refractivity contribution is 0.225. The number of hydrogen-bond acceptors (Lipinski definition) is 1. The van der Waals surface area contributed by atoms with Crippen LogP contribution < -0.4 is 0 Å². The van der Waals surface area contributed by atoms with Crippen molar-refractivity contribution in [2.24, 2.45) is 5.41 Å². The molecule has 0 aliphatic heterocycles. The van der Waals surface area contributed by atoms with Gasteiger partial charge < -0.3 is 0 Å². The van der Waals surface area contributed by atoms with Crippen LogP contribution in [0.25, 0.3) is 0 Å². The summed E-state index contributed by atoms with van der Waals surface area (Å²) in [5.74, 6) is 0. The summed E-state index contributed by atoms with van der Waals surface area (Å²) in [5, 5.41) is 0.291. The Hall–Kier alpha value is 0.155. The number of thioether (sulfide) groups is 1. The molecule has 0 aromatic heterocycles. The van der Waals surface area contributed by atoms with E-state index in [2.05, 4.69) is 61.4 Å². The molecule has 1 unspecified atom stereocenters. The summed E-state index contributed by atoms with van der Waals surface area (Å²) in [4.78, 5) is 0. The minimum absolute atomic E-state index is 0.144. The maximum Gasteiger partial charge on any atom is 0.109 e. The van der Waals surface area contributed by atoms with Crippen molar-refractivity contribution in [3.63, 3.8) is 0 Å². The molecule has 0 saturated heterocycles. The molecule has 0 amide bonds. The second-order valence-corrected chi connectivity index (χ2v) is 6.65. The van der Waals surface area contributed by atoms with Gasteiger partial charge in [0, 0.05) is 4.75 Å². The lowest BCUT2D eigenvalue weighted by atomic mass is 9.51. The molecule has 1 atom stereocenters. The summed E-state index contributed by atoms with van der Waals surface area (Å²) in [6.45, 7) is 15.5. The molecule has 0 aromatic carbocycles. The molecule has 2 heteroatoms. The van der Waals surface area contributed by atoms with Gasteiger partial charge in [0.15, 0.2) is 0 Å². The monoisotopic (exact) mass is 198 g/mol. The van der Waals surface area contributed by atoms with Gasteiger partial charge in [0.1, 0.15) is 7.85 Å². The minimum Gasteiger partial charge on any atom is -0.154 e. The van der Waals surface area contributed by atoms with Gasteiger partial charge in [-0.1, -0.05) is 39.1 Å². The van der Waals surface area contributed by atoms with Gasteiger partial charge in [-0.3, -0.25) is 0 Å². The maximum absolute atomic E-state index is 3.96. The average Bonchev–Trinajstić information content (AvgIpc) is 2.00. The molecular weight excluding hydrogens is 175 g/mol. The molecule has 0 radical (unpaired) electrons. The van der Waals surface area contributed by atoms with E-state index >= 15 is 0 Å². The van der Waals surface area contributed by atoms with Crippen LogP contribution in [-0.2, 0) is 0 Å². The smallest absolute Gasteiger partial charge is 0.109 e. The molecule has 0 saturated carbocycles. The predicted octanol–water partition coefficient (Wildman–Crippen LogP) is 3.15. The fourth-order valence-corrected chi connectivity index (χ4v) is 2.32.